The van der Waals surface area contributed by atoms with Crippen LogP contribution in [-0.2, 0) is 17.8 Å². The van der Waals surface area contributed by atoms with Crippen LogP contribution in [0.1, 0.15) is 36.7 Å². The lowest BCUT2D eigenvalue weighted by molar-refractivity contribution is 0.190. The van der Waals surface area contributed by atoms with Crippen LogP contribution < -0.4 is 16.0 Å². The number of hydrogen-bond donors (Lipinski definition) is 2. The van der Waals surface area contributed by atoms with Crippen LogP contribution in [0, 0.1) is 0 Å². The van der Waals surface area contributed by atoms with Gasteiger partial charge in [-0.25, -0.2) is 4.98 Å². The summed E-state index contributed by atoms with van der Waals surface area (Å²) in [6, 6.07) is 2.31. The van der Waals surface area contributed by atoms with Crippen molar-refractivity contribution in [2.45, 2.75) is 44.3 Å². The number of rotatable bonds is 9. The summed E-state index contributed by atoms with van der Waals surface area (Å²) < 4.78 is 7.14. The molecule has 0 saturated heterocycles. The number of hydrogen-bond acceptors (Lipinski definition) is 8. The number of aromatic nitrogens is 5. The van der Waals surface area contributed by atoms with Gasteiger partial charge in [-0.1, -0.05) is 0 Å². The molecule has 0 radical (unpaired) electrons. The van der Waals surface area contributed by atoms with E-state index in [2.05, 4.69) is 25.5 Å². The number of methoxy groups -OCH3 is 1. The number of ether oxygens (including phenoxy) is 1. The molecule has 0 unspecified atom stereocenters. The lowest BCUT2D eigenvalue weighted by Crippen LogP contribution is -2.35. The monoisotopic (exact) mass is 360 g/mol. The van der Waals surface area contributed by atoms with Crippen molar-refractivity contribution in [1.29, 1.82) is 0 Å². The highest BCUT2D eigenvalue weighted by atomic mass is 16.5. The van der Waals surface area contributed by atoms with E-state index < -0.39 is 0 Å². The van der Waals surface area contributed by atoms with Crippen molar-refractivity contribution in [3.63, 3.8) is 0 Å². The molecule has 142 valence electrons. The van der Waals surface area contributed by atoms with Crippen molar-refractivity contribution in [2.75, 3.05) is 38.0 Å². The minimum Gasteiger partial charge on any atom is -0.385 e. The van der Waals surface area contributed by atoms with Crippen molar-refractivity contribution >= 4 is 11.8 Å². The predicted octanol–water partition coefficient (Wildman–Crippen LogP) is 0.987. The van der Waals surface area contributed by atoms with E-state index in [1.54, 1.807) is 13.4 Å². The Kier molecular flexibility index (Phi) is 6.00. The summed E-state index contributed by atoms with van der Waals surface area (Å²) in [4.78, 5) is 11.2. The maximum atomic E-state index is 5.94. The number of aryl methyl sites for hydroxylation is 1. The van der Waals surface area contributed by atoms with Gasteiger partial charge in [0, 0.05) is 52.4 Å². The Balaban J connectivity index is 1.68. The van der Waals surface area contributed by atoms with E-state index in [-0.39, 0.29) is 0 Å². The van der Waals surface area contributed by atoms with Gasteiger partial charge in [0.15, 0.2) is 5.82 Å². The van der Waals surface area contributed by atoms with E-state index in [0.717, 1.165) is 49.8 Å². The first-order chi connectivity index (χ1) is 12.6. The summed E-state index contributed by atoms with van der Waals surface area (Å²) in [5.41, 5.74) is 6.99. The molecule has 3 rings (SSSR count). The molecule has 3 N–H and O–H groups in total. The zero-order chi connectivity index (χ0) is 18.5. The fourth-order valence-corrected chi connectivity index (χ4v) is 3.01. The third-order valence-electron chi connectivity index (χ3n) is 4.60. The van der Waals surface area contributed by atoms with Crippen molar-refractivity contribution in [3.05, 3.63) is 23.9 Å². The average molecular weight is 360 g/mol. The average Bonchev–Trinajstić information content (AvgIpc) is 3.04. The molecule has 2 heterocycles. The molecule has 2 aromatic rings. The largest absolute Gasteiger partial charge is 0.385 e. The summed E-state index contributed by atoms with van der Waals surface area (Å²) in [5.74, 6) is 2.79. The second kappa shape index (κ2) is 8.41. The van der Waals surface area contributed by atoms with Crippen molar-refractivity contribution < 1.29 is 4.74 Å². The van der Waals surface area contributed by atoms with Gasteiger partial charge in [0.25, 0.3) is 0 Å². The second-order valence-corrected chi connectivity index (χ2v) is 6.94. The highest BCUT2D eigenvalue weighted by Gasteiger charge is 2.29. The first-order valence-electron chi connectivity index (χ1n) is 8.98. The molecule has 9 nitrogen and oxygen atoms in total. The molecule has 0 spiro atoms. The van der Waals surface area contributed by atoms with Gasteiger partial charge in [-0.15, -0.1) is 10.2 Å². The Morgan fingerprint density at radius 3 is 2.85 bits per heavy atom. The third kappa shape index (κ3) is 4.47. The van der Waals surface area contributed by atoms with Gasteiger partial charge in [-0.05, 0) is 19.3 Å². The van der Waals surface area contributed by atoms with E-state index in [1.165, 1.54) is 0 Å². The fraction of sp³-hybridized carbons (Fsp3) is 0.647. The SMILES string of the molecule is COCCCn1cnnc1CNc1cc(C2CC(N)C2)nc(N(C)C)n1. The third-order valence-corrected chi connectivity index (χ3v) is 4.60. The van der Waals surface area contributed by atoms with Crippen molar-refractivity contribution in [1.82, 2.24) is 24.7 Å². The fourth-order valence-electron chi connectivity index (χ4n) is 3.01. The topological polar surface area (TPSA) is 107 Å². The molecular formula is C17H28N8O. The normalized spacial score (nSPS) is 19.2. The molecule has 0 aromatic carbocycles. The first-order valence-corrected chi connectivity index (χ1v) is 8.98. The predicted molar refractivity (Wildman–Crippen MR) is 100 cm³/mol. The molecule has 0 bridgehead atoms. The van der Waals surface area contributed by atoms with E-state index >= 15 is 0 Å². The summed E-state index contributed by atoms with van der Waals surface area (Å²) >= 11 is 0. The van der Waals surface area contributed by atoms with E-state index in [1.807, 2.05) is 29.6 Å². The molecule has 9 heteroatoms. The van der Waals surface area contributed by atoms with Gasteiger partial charge in [-0.2, -0.15) is 4.98 Å². The van der Waals surface area contributed by atoms with Gasteiger partial charge in [0.1, 0.15) is 12.1 Å². The maximum absolute atomic E-state index is 5.94. The summed E-state index contributed by atoms with van der Waals surface area (Å²) in [5, 5.41) is 11.6. The Morgan fingerprint density at radius 1 is 1.35 bits per heavy atom. The summed E-state index contributed by atoms with van der Waals surface area (Å²) in [6.45, 7) is 2.10. The zero-order valence-corrected chi connectivity index (χ0v) is 15.7. The molecule has 0 amide bonds. The van der Waals surface area contributed by atoms with Gasteiger partial charge < -0.3 is 25.3 Å². The van der Waals surface area contributed by atoms with Gasteiger partial charge in [0.2, 0.25) is 5.95 Å². The van der Waals surface area contributed by atoms with Crippen LogP contribution in [0.25, 0.3) is 0 Å². The van der Waals surface area contributed by atoms with Crippen LogP contribution in [-0.4, -0.2) is 58.6 Å². The van der Waals surface area contributed by atoms with Gasteiger partial charge in [0.05, 0.1) is 12.2 Å². The van der Waals surface area contributed by atoms with Crippen LogP contribution in [0.5, 0.6) is 0 Å². The van der Waals surface area contributed by atoms with E-state index in [9.17, 15) is 0 Å². The van der Waals surface area contributed by atoms with E-state index in [4.69, 9.17) is 10.5 Å². The number of nitrogens with one attached hydrogen (secondary N) is 1. The quantitative estimate of drug-likeness (QED) is 0.638. The van der Waals surface area contributed by atoms with Crippen LogP contribution in [0.2, 0.25) is 0 Å². The zero-order valence-electron chi connectivity index (χ0n) is 15.7. The molecule has 1 aliphatic carbocycles. The lowest BCUT2D eigenvalue weighted by atomic mass is 9.78. The lowest BCUT2D eigenvalue weighted by Gasteiger charge is -2.32. The van der Waals surface area contributed by atoms with Gasteiger partial charge in [-0.3, -0.25) is 0 Å². The summed E-state index contributed by atoms with van der Waals surface area (Å²) in [6.07, 6.45) is 4.64. The Labute approximate surface area is 154 Å². The van der Waals surface area contributed by atoms with Gasteiger partial charge >= 0.3 is 0 Å². The molecule has 1 saturated carbocycles. The van der Waals surface area contributed by atoms with Crippen LogP contribution >= 0.6 is 0 Å². The highest BCUT2D eigenvalue weighted by Crippen LogP contribution is 2.35. The Morgan fingerprint density at radius 2 is 2.15 bits per heavy atom. The Hall–Kier alpha value is -2.26. The number of nitrogens with two attached hydrogens (primary N) is 1. The van der Waals surface area contributed by atoms with Crippen LogP contribution in [0.15, 0.2) is 12.4 Å². The van der Waals surface area contributed by atoms with Crippen LogP contribution in [0.3, 0.4) is 0 Å². The molecule has 0 atom stereocenters. The minimum atomic E-state index is 0.292. The molecule has 2 aromatic heterocycles. The Bertz CT molecular complexity index is 711. The number of nitrogens with zero attached hydrogens (tertiary/aromatic N) is 6. The summed E-state index contributed by atoms with van der Waals surface area (Å²) in [7, 11) is 5.60. The molecule has 26 heavy (non-hydrogen) atoms. The highest BCUT2D eigenvalue weighted by molar-refractivity contribution is 5.44. The second-order valence-electron chi connectivity index (χ2n) is 6.94. The van der Waals surface area contributed by atoms with Crippen LogP contribution in [0.4, 0.5) is 11.8 Å². The standard InChI is InChI=1S/C17H28N8O/c1-24(2)17-21-14(12-7-13(18)8-12)9-15(22-17)19-10-16-23-20-11-25(16)5-4-6-26-3/h9,11-13H,4-8,10,18H2,1-3H3,(H,19,21,22). The molecule has 0 aliphatic heterocycles. The maximum Gasteiger partial charge on any atom is 0.227 e. The molecular weight excluding hydrogens is 332 g/mol. The van der Waals surface area contributed by atoms with E-state index in [0.29, 0.717) is 24.5 Å². The van der Waals surface area contributed by atoms with Crippen molar-refractivity contribution in [2.24, 2.45) is 5.73 Å². The molecule has 1 aliphatic rings. The smallest absolute Gasteiger partial charge is 0.227 e. The first kappa shape index (κ1) is 18.5. The minimum absolute atomic E-state index is 0.292. The van der Waals surface area contributed by atoms with Crippen molar-refractivity contribution in [3.8, 4) is 0 Å². The molecule has 1 fully saturated rings. The number of anilines is 2.